The third-order valence-electron chi connectivity index (χ3n) is 3.90. The molecule has 2 unspecified atom stereocenters. The number of carboxylic acids is 1. The number of piperidine rings is 1. The Bertz CT molecular complexity index is 562. The van der Waals surface area contributed by atoms with Crippen molar-refractivity contribution < 1.29 is 14.7 Å². The van der Waals surface area contributed by atoms with Crippen molar-refractivity contribution in [3.05, 3.63) is 28.2 Å². The van der Waals surface area contributed by atoms with Gasteiger partial charge in [-0.2, -0.15) is 0 Å². The molecule has 0 spiro atoms. The third-order valence-corrected chi connectivity index (χ3v) is 4.79. The average Bonchev–Trinajstić information content (AvgIpc) is 2.42. The zero-order chi connectivity index (χ0) is 15.6. The van der Waals surface area contributed by atoms with Crippen molar-refractivity contribution in [3.63, 3.8) is 0 Å². The number of carbonyl (C=O) groups excluding carboxylic acids is 1. The lowest BCUT2D eigenvalue weighted by atomic mass is 9.92. The topological polar surface area (TPSA) is 69.6 Å². The second-order valence-electron chi connectivity index (χ2n) is 5.50. The molecule has 1 aromatic rings. The van der Waals surface area contributed by atoms with E-state index >= 15 is 0 Å². The maximum atomic E-state index is 12.3. The van der Waals surface area contributed by atoms with Crippen LogP contribution in [0.1, 0.15) is 25.3 Å². The highest BCUT2D eigenvalue weighted by molar-refractivity contribution is 9.10. The summed E-state index contributed by atoms with van der Waals surface area (Å²) >= 11 is 3.42. The van der Waals surface area contributed by atoms with Crippen molar-refractivity contribution in [2.45, 2.75) is 32.7 Å². The number of nitrogens with one attached hydrogen (secondary N) is 1. The number of urea groups is 1. The Labute approximate surface area is 132 Å². The molecule has 2 amide bonds. The van der Waals surface area contributed by atoms with E-state index in [0.717, 1.165) is 15.7 Å². The van der Waals surface area contributed by atoms with Gasteiger partial charge in [0.15, 0.2) is 0 Å². The van der Waals surface area contributed by atoms with Gasteiger partial charge < -0.3 is 15.3 Å². The standard InChI is InChI=1S/C15H19BrN2O3/c1-9-7-12(3-4-13(9)16)17-15(21)18-6-5-11(14(19)20)8-10(18)2/h3-4,7,10-11H,5-6,8H2,1-2H3,(H,17,21)(H,19,20). The zero-order valence-corrected chi connectivity index (χ0v) is 13.7. The van der Waals surface area contributed by atoms with Crippen molar-refractivity contribution in [3.8, 4) is 0 Å². The molecule has 1 aliphatic rings. The third kappa shape index (κ3) is 3.75. The highest BCUT2D eigenvalue weighted by atomic mass is 79.9. The van der Waals surface area contributed by atoms with Gasteiger partial charge in [0.05, 0.1) is 5.92 Å². The smallest absolute Gasteiger partial charge is 0.322 e. The maximum absolute atomic E-state index is 12.3. The van der Waals surface area contributed by atoms with Crippen LogP contribution in [0, 0.1) is 12.8 Å². The normalized spacial score (nSPS) is 22.0. The van der Waals surface area contributed by atoms with Gasteiger partial charge in [0.25, 0.3) is 0 Å². The molecule has 1 fully saturated rings. The zero-order valence-electron chi connectivity index (χ0n) is 12.1. The Morgan fingerprint density at radius 3 is 2.71 bits per heavy atom. The van der Waals surface area contributed by atoms with Crippen molar-refractivity contribution in [2.24, 2.45) is 5.92 Å². The van der Waals surface area contributed by atoms with E-state index in [4.69, 9.17) is 5.11 Å². The van der Waals surface area contributed by atoms with E-state index < -0.39 is 5.97 Å². The number of carbonyl (C=O) groups is 2. The van der Waals surface area contributed by atoms with E-state index in [1.54, 1.807) is 4.90 Å². The number of carboxylic acid groups (broad SMARTS) is 1. The number of halogens is 1. The minimum atomic E-state index is -0.773. The fraction of sp³-hybridized carbons (Fsp3) is 0.467. The van der Waals surface area contributed by atoms with Crippen LogP contribution in [-0.2, 0) is 4.79 Å². The van der Waals surface area contributed by atoms with Gasteiger partial charge in [0, 0.05) is 22.7 Å². The molecule has 2 atom stereocenters. The van der Waals surface area contributed by atoms with Gasteiger partial charge in [-0.15, -0.1) is 0 Å². The van der Waals surface area contributed by atoms with Crippen LogP contribution >= 0.6 is 15.9 Å². The molecule has 1 aromatic carbocycles. The number of anilines is 1. The molecule has 1 heterocycles. The number of hydrogen-bond acceptors (Lipinski definition) is 2. The van der Waals surface area contributed by atoms with Crippen LogP contribution in [0.15, 0.2) is 22.7 Å². The van der Waals surface area contributed by atoms with Crippen LogP contribution in [0.2, 0.25) is 0 Å². The summed E-state index contributed by atoms with van der Waals surface area (Å²) in [6, 6.07) is 5.38. The Hall–Kier alpha value is -1.56. The molecule has 0 bridgehead atoms. The van der Waals surface area contributed by atoms with Crippen LogP contribution in [0.5, 0.6) is 0 Å². The molecular formula is C15H19BrN2O3. The summed E-state index contributed by atoms with van der Waals surface area (Å²) in [5, 5.41) is 11.9. The number of likely N-dealkylation sites (tertiary alicyclic amines) is 1. The van der Waals surface area contributed by atoms with Gasteiger partial charge in [-0.3, -0.25) is 4.79 Å². The van der Waals surface area contributed by atoms with Gasteiger partial charge >= 0.3 is 12.0 Å². The summed E-state index contributed by atoms with van der Waals surface area (Å²) in [6.07, 6.45) is 1.01. The minimum Gasteiger partial charge on any atom is -0.481 e. The Balaban J connectivity index is 2.00. The summed E-state index contributed by atoms with van der Waals surface area (Å²) in [5.41, 5.74) is 1.79. The predicted octanol–water partition coefficient (Wildman–Crippen LogP) is 3.47. The fourth-order valence-corrected chi connectivity index (χ4v) is 2.86. The second-order valence-corrected chi connectivity index (χ2v) is 6.35. The summed E-state index contributed by atoms with van der Waals surface area (Å²) in [4.78, 5) is 25.0. The van der Waals surface area contributed by atoms with Gasteiger partial charge in [0.1, 0.15) is 0 Å². The first-order valence-corrected chi connectivity index (χ1v) is 7.74. The van der Waals surface area contributed by atoms with E-state index in [9.17, 15) is 9.59 Å². The summed E-state index contributed by atoms with van der Waals surface area (Å²) in [5.74, 6) is -1.12. The number of benzene rings is 1. The van der Waals surface area contributed by atoms with E-state index in [1.807, 2.05) is 32.0 Å². The number of rotatable bonds is 2. The van der Waals surface area contributed by atoms with E-state index in [1.165, 1.54) is 0 Å². The number of amides is 2. The van der Waals surface area contributed by atoms with Crippen molar-refractivity contribution in [2.75, 3.05) is 11.9 Å². The maximum Gasteiger partial charge on any atom is 0.322 e. The molecule has 1 saturated heterocycles. The molecule has 0 aliphatic carbocycles. The van der Waals surface area contributed by atoms with Crippen LogP contribution < -0.4 is 5.32 Å². The largest absolute Gasteiger partial charge is 0.481 e. The lowest BCUT2D eigenvalue weighted by molar-refractivity contribution is -0.143. The molecule has 6 heteroatoms. The number of hydrogen-bond donors (Lipinski definition) is 2. The first kappa shape index (κ1) is 15.8. The van der Waals surface area contributed by atoms with Crippen LogP contribution in [0.25, 0.3) is 0 Å². The molecule has 114 valence electrons. The van der Waals surface area contributed by atoms with Crippen molar-refractivity contribution >= 4 is 33.6 Å². The number of aryl methyl sites for hydroxylation is 1. The summed E-state index contributed by atoms with van der Waals surface area (Å²) in [7, 11) is 0. The summed E-state index contributed by atoms with van der Waals surface area (Å²) < 4.78 is 0.996. The van der Waals surface area contributed by atoms with Gasteiger partial charge in [-0.1, -0.05) is 15.9 Å². The molecule has 2 rings (SSSR count). The Morgan fingerprint density at radius 1 is 1.43 bits per heavy atom. The monoisotopic (exact) mass is 354 g/mol. The predicted molar refractivity (Wildman–Crippen MR) is 84.4 cm³/mol. The molecule has 5 nitrogen and oxygen atoms in total. The van der Waals surface area contributed by atoms with Crippen molar-refractivity contribution in [1.29, 1.82) is 0 Å². The highest BCUT2D eigenvalue weighted by Gasteiger charge is 2.32. The minimum absolute atomic E-state index is 0.0728. The Kier molecular flexibility index (Phi) is 4.88. The van der Waals surface area contributed by atoms with Crippen molar-refractivity contribution in [1.82, 2.24) is 4.90 Å². The van der Waals surface area contributed by atoms with E-state index in [0.29, 0.717) is 19.4 Å². The van der Waals surface area contributed by atoms with Gasteiger partial charge in [-0.05, 0) is 50.5 Å². The van der Waals surface area contributed by atoms with Gasteiger partial charge in [-0.25, -0.2) is 4.79 Å². The SMILES string of the molecule is Cc1cc(NC(=O)N2CCC(C(=O)O)CC2C)ccc1Br. The molecular weight excluding hydrogens is 336 g/mol. The van der Waals surface area contributed by atoms with E-state index in [-0.39, 0.29) is 18.0 Å². The van der Waals surface area contributed by atoms with Crippen LogP contribution in [0.3, 0.4) is 0 Å². The first-order valence-electron chi connectivity index (χ1n) is 6.95. The number of nitrogens with zero attached hydrogens (tertiary/aromatic N) is 1. The highest BCUT2D eigenvalue weighted by Crippen LogP contribution is 2.25. The lowest BCUT2D eigenvalue weighted by Crippen LogP contribution is -2.47. The first-order chi connectivity index (χ1) is 9.88. The van der Waals surface area contributed by atoms with Gasteiger partial charge in [0.2, 0.25) is 0 Å². The molecule has 0 radical (unpaired) electrons. The average molecular weight is 355 g/mol. The number of aliphatic carboxylic acids is 1. The fourth-order valence-electron chi connectivity index (χ4n) is 2.62. The Morgan fingerprint density at radius 2 is 2.14 bits per heavy atom. The molecule has 2 N–H and O–H groups in total. The summed E-state index contributed by atoms with van der Waals surface area (Å²) in [6.45, 7) is 4.32. The molecule has 0 aromatic heterocycles. The lowest BCUT2D eigenvalue weighted by Gasteiger charge is -2.36. The second kappa shape index (κ2) is 6.47. The molecule has 0 saturated carbocycles. The molecule has 1 aliphatic heterocycles. The van der Waals surface area contributed by atoms with Crippen LogP contribution in [-0.4, -0.2) is 34.6 Å². The van der Waals surface area contributed by atoms with Crippen LogP contribution in [0.4, 0.5) is 10.5 Å². The van der Waals surface area contributed by atoms with E-state index in [2.05, 4.69) is 21.2 Å². The quantitative estimate of drug-likeness (QED) is 0.853. The molecule has 21 heavy (non-hydrogen) atoms.